The molecule has 0 heterocycles. The van der Waals surface area contributed by atoms with E-state index < -0.39 is 0 Å². The molecule has 0 aliphatic rings. The van der Waals surface area contributed by atoms with E-state index in [2.05, 4.69) is 6.92 Å². The average molecular weight is 181 g/mol. The zero-order valence-corrected chi connectivity index (χ0v) is 7.96. The van der Waals surface area contributed by atoms with Crippen molar-refractivity contribution in [1.82, 2.24) is 0 Å². The van der Waals surface area contributed by atoms with E-state index >= 15 is 0 Å². The fourth-order valence-corrected chi connectivity index (χ4v) is 1.38. The maximum absolute atomic E-state index is 12.6. The lowest BCUT2D eigenvalue weighted by atomic mass is 9.96. The van der Waals surface area contributed by atoms with E-state index in [1.165, 1.54) is 17.7 Å². The van der Waals surface area contributed by atoms with Gasteiger partial charge < -0.3 is 5.73 Å². The zero-order valence-electron chi connectivity index (χ0n) is 7.96. The van der Waals surface area contributed by atoms with Crippen LogP contribution in [0, 0.1) is 5.82 Å². The molecule has 1 rings (SSSR count). The molecule has 1 aromatic rings. The summed E-state index contributed by atoms with van der Waals surface area (Å²) in [5.74, 6) is 0.305. The number of hydrogen-bond acceptors (Lipinski definition) is 1. The molecule has 0 radical (unpaired) electrons. The van der Waals surface area contributed by atoms with Crippen molar-refractivity contribution in [2.45, 2.75) is 25.7 Å². The summed E-state index contributed by atoms with van der Waals surface area (Å²) in [5.41, 5.74) is 6.61. The minimum absolute atomic E-state index is 0.172. The van der Waals surface area contributed by atoms with Gasteiger partial charge in [0.25, 0.3) is 0 Å². The Bertz CT molecular complexity index is 243. The molecule has 72 valence electrons. The smallest absolute Gasteiger partial charge is 0.123 e. The second kappa shape index (κ2) is 4.97. The van der Waals surface area contributed by atoms with Crippen LogP contribution in [0.15, 0.2) is 24.3 Å². The van der Waals surface area contributed by atoms with Gasteiger partial charge in [-0.1, -0.05) is 19.1 Å². The molecule has 2 N–H and O–H groups in total. The largest absolute Gasteiger partial charge is 0.330 e. The van der Waals surface area contributed by atoms with Crippen LogP contribution in [0.4, 0.5) is 4.39 Å². The molecule has 1 unspecified atom stereocenters. The van der Waals surface area contributed by atoms with E-state index in [-0.39, 0.29) is 5.82 Å². The molecular formula is C11H16FN. The zero-order chi connectivity index (χ0) is 9.68. The van der Waals surface area contributed by atoms with Crippen LogP contribution in [0.1, 0.15) is 31.2 Å². The number of benzene rings is 1. The van der Waals surface area contributed by atoms with E-state index in [0.717, 1.165) is 19.4 Å². The standard InChI is InChI=1S/C11H16FN/c1-9(3-2-8-13)10-4-6-11(12)7-5-10/h4-7,9H,2-3,8,13H2,1H3. The molecule has 1 atom stereocenters. The minimum Gasteiger partial charge on any atom is -0.330 e. The molecule has 0 aliphatic carbocycles. The summed E-state index contributed by atoms with van der Waals surface area (Å²) in [6, 6.07) is 6.70. The Labute approximate surface area is 78.8 Å². The van der Waals surface area contributed by atoms with E-state index in [4.69, 9.17) is 5.73 Å². The van der Waals surface area contributed by atoms with Gasteiger partial charge in [0.05, 0.1) is 0 Å². The molecule has 0 saturated carbocycles. The summed E-state index contributed by atoms with van der Waals surface area (Å²) in [7, 11) is 0. The third-order valence-electron chi connectivity index (χ3n) is 2.28. The summed E-state index contributed by atoms with van der Waals surface area (Å²) in [6.07, 6.45) is 2.10. The molecule has 1 nitrogen and oxygen atoms in total. The van der Waals surface area contributed by atoms with Crippen LogP contribution < -0.4 is 5.73 Å². The van der Waals surface area contributed by atoms with E-state index in [1.54, 1.807) is 0 Å². The van der Waals surface area contributed by atoms with Gasteiger partial charge in [-0.25, -0.2) is 4.39 Å². The van der Waals surface area contributed by atoms with Crippen molar-refractivity contribution in [3.05, 3.63) is 35.6 Å². The van der Waals surface area contributed by atoms with Gasteiger partial charge >= 0.3 is 0 Å². The molecule has 1 aromatic carbocycles. The van der Waals surface area contributed by atoms with Crippen molar-refractivity contribution in [2.75, 3.05) is 6.54 Å². The van der Waals surface area contributed by atoms with Crippen molar-refractivity contribution in [2.24, 2.45) is 5.73 Å². The second-order valence-electron chi connectivity index (χ2n) is 3.38. The van der Waals surface area contributed by atoms with E-state index in [9.17, 15) is 4.39 Å². The molecular weight excluding hydrogens is 165 g/mol. The molecule has 0 aliphatic heterocycles. The van der Waals surface area contributed by atoms with Crippen molar-refractivity contribution in [3.8, 4) is 0 Å². The SMILES string of the molecule is CC(CCCN)c1ccc(F)cc1. The monoisotopic (exact) mass is 181 g/mol. The summed E-state index contributed by atoms with van der Waals surface area (Å²) in [5, 5.41) is 0. The molecule has 0 amide bonds. The Morgan fingerprint density at radius 2 is 1.92 bits per heavy atom. The Kier molecular flexibility index (Phi) is 3.90. The van der Waals surface area contributed by atoms with Crippen LogP contribution in [0.2, 0.25) is 0 Å². The second-order valence-corrected chi connectivity index (χ2v) is 3.38. The van der Waals surface area contributed by atoms with Crippen LogP contribution >= 0.6 is 0 Å². The third-order valence-corrected chi connectivity index (χ3v) is 2.28. The first-order valence-electron chi connectivity index (χ1n) is 4.69. The number of halogens is 1. The fraction of sp³-hybridized carbons (Fsp3) is 0.455. The molecule has 2 heteroatoms. The summed E-state index contributed by atoms with van der Waals surface area (Å²) >= 11 is 0. The predicted octanol–water partition coefficient (Wildman–Crippen LogP) is 2.67. The van der Waals surface area contributed by atoms with E-state index in [1.807, 2.05) is 12.1 Å². The van der Waals surface area contributed by atoms with Crippen LogP contribution in [-0.4, -0.2) is 6.54 Å². The minimum atomic E-state index is -0.172. The lowest BCUT2D eigenvalue weighted by molar-refractivity contribution is 0.618. The predicted molar refractivity (Wildman–Crippen MR) is 53.1 cm³/mol. The average Bonchev–Trinajstić information content (AvgIpc) is 2.15. The lowest BCUT2D eigenvalue weighted by Gasteiger charge is -2.10. The highest BCUT2D eigenvalue weighted by Gasteiger charge is 2.04. The number of hydrogen-bond donors (Lipinski definition) is 1. The highest BCUT2D eigenvalue weighted by atomic mass is 19.1. The van der Waals surface area contributed by atoms with Gasteiger partial charge in [-0.2, -0.15) is 0 Å². The highest BCUT2D eigenvalue weighted by Crippen LogP contribution is 2.20. The molecule has 0 fully saturated rings. The maximum Gasteiger partial charge on any atom is 0.123 e. The Morgan fingerprint density at radius 3 is 2.46 bits per heavy atom. The Hall–Kier alpha value is -0.890. The maximum atomic E-state index is 12.6. The molecule has 0 bridgehead atoms. The number of nitrogens with two attached hydrogens (primary N) is 1. The molecule has 13 heavy (non-hydrogen) atoms. The van der Waals surface area contributed by atoms with Gasteiger partial charge in [0, 0.05) is 0 Å². The van der Waals surface area contributed by atoms with Crippen molar-refractivity contribution < 1.29 is 4.39 Å². The van der Waals surface area contributed by atoms with Crippen LogP contribution in [0.3, 0.4) is 0 Å². The lowest BCUT2D eigenvalue weighted by Crippen LogP contribution is -2.01. The van der Waals surface area contributed by atoms with E-state index in [0.29, 0.717) is 5.92 Å². The van der Waals surface area contributed by atoms with Crippen LogP contribution in [-0.2, 0) is 0 Å². The van der Waals surface area contributed by atoms with Gasteiger partial charge in [0.15, 0.2) is 0 Å². The first-order valence-corrected chi connectivity index (χ1v) is 4.69. The summed E-state index contributed by atoms with van der Waals surface area (Å²) in [6.45, 7) is 2.87. The first-order chi connectivity index (χ1) is 6.24. The molecule has 0 spiro atoms. The Morgan fingerprint density at radius 1 is 1.31 bits per heavy atom. The first kappa shape index (κ1) is 10.2. The van der Waals surface area contributed by atoms with Crippen molar-refractivity contribution >= 4 is 0 Å². The third kappa shape index (κ3) is 3.15. The molecule has 0 saturated heterocycles. The molecule has 0 aromatic heterocycles. The van der Waals surface area contributed by atoms with Gasteiger partial charge in [-0.3, -0.25) is 0 Å². The van der Waals surface area contributed by atoms with Gasteiger partial charge in [-0.15, -0.1) is 0 Å². The van der Waals surface area contributed by atoms with Crippen molar-refractivity contribution in [3.63, 3.8) is 0 Å². The van der Waals surface area contributed by atoms with Gasteiger partial charge in [0.2, 0.25) is 0 Å². The van der Waals surface area contributed by atoms with Crippen LogP contribution in [0.25, 0.3) is 0 Å². The van der Waals surface area contributed by atoms with Gasteiger partial charge in [0.1, 0.15) is 5.82 Å². The van der Waals surface area contributed by atoms with Crippen molar-refractivity contribution in [1.29, 1.82) is 0 Å². The normalized spacial score (nSPS) is 12.8. The van der Waals surface area contributed by atoms with Gasteiger partial charge in [-0.05, 0) is 43.0 Å². The Balaban J connectivity index is 2.55. The quantitative estimate of drug-likeness (QED) is 0.759. The summed E-state index contributed by atoms with van der Waals surface area (Å²) < 4.78 is 12.6. The topological polar surface area (TPSA) is 26.0 Å². The fourth-order valence-electron chi connectivity index (χ4n) is 1.38. The highest BCUT2D eigenvalue weighted by molar-refractivity contribution is 5.19. The van der Waals surface area contributed by atoms with Crippen LogP contribution in [0.5, 0.6) is 0 Å². The summed E-state index contributed by atoms with van der Waals surface area (Å²) in [4.78, 5) is 0. The number of rotatable bonds is 4.